The van der Waals surface area contributed by atoms with Crippen LogP contribution in [0.3, 0.4) is 0 Å². The van der Waals surface area contributed by atoms with E-state index in [1.807, 2.05) is 19.2 Å². The fourth-order valence-corrected chi connectivity index (χ4v) is 3.34. The molecule has 0 bridgehead atoms. The van der Waals surface area contributed by atoms with Gasteiger partial charge in [0.2, 0.25) is 0 Å². The summed E-state index contributed by atoms with van der Waals surface area (Å²) in [5.74, 6) is 2.13. The molecule has 1 atom stereocenters. The van der Waals surface area contributed by atoms with E-state index in [-0.39, 0.29) is 6.04 Å². The van der Waals surface area contributed by atoms with Crippen molar-refractivity contribution in [3.8, 4) is 17.2 Å². The summed E-state index contributed by atoms with van der Waals surface area (Å²) in [5, 5.41) is 3.35. The Bertz CT molecular complexity index is 610. The van der Waals surface area contributed by atoms with E-state index in [1.54, 1.807) is 32.7 Å². The molecule has 114 valence electrons. The second-order valence-corrected chi connectivity index (χ2v) is 5.94. The summed E-state index contributed by atoms with van der Waals surface area (Å²) in [6.45, 7) is 2.10. The first-order valence-electron chi connectivity index (χ1n) is 6.68. The lowest BCUT2D eigenvalue weighted by Gasteiger charge is -2.20. The minimum absolute atomic E-state index is 0.0541. The molecule has 1 heterocycles. The first kappa shape index (κ1) is 15.7. The monoisotopic (exact) mass is 307 g/mol. The van der Waals surface area contributed by atoms with Crippen LogP contribution in [0, 0.1) is 6.92 Å². The highest BCUT2D eigenvalue weighted by atomic mass is 32.1. The predicted molar refractivity (Wildman–Crippen MR) is 86.1 cm³/mol. The summed E-state index contributed by atoms with van der Waals surface area (Å²) >= 11 is 1.77. The van der Waals surface area contributed by atoms with Crippen LogP contribution in [0.5, 0.6) is 17.2 Å². The number of nitrogens with one attached hydrogen (secondary N) is 1. The smallest absolute Gasteiger partial charge is 0.164 e. The summed E-state index contributed by atoms with van der Waals surface area (Å²) in [6, 6.07) is 8.14. The van der Waals surface area contributed by atoms with Gasteiger partial charge in [0.15, 0.2) is 11.5 Å². The SMILES string of the molecule is CNC(c1ccc(C)s1)c1cc(OC)c(OC)cc1OC. The molecule has 2 aromatic rings. The quantitative estimate of drug-likeness (QED) is 0.888. The lowest BCUT2D eigenvalue weighted by atomic mass is 10.0. The molecular weight excluding hydrogens is 286 g/mol. The number of hydrogen-bond donors (Lipinski definition) is 1. The van der Waals surface area contributed by atoms with Crippen LogP contribution >= 0.6 is 11.3 Å². The second-order valence-electron chi connectivity index (χ2n) is 4.62. The lowest BCUT2D eigenvalue weighted by molar-refractivity contribution is 0.346. The largest absolute Gasteiger partial charge is 0.496 e. The minimum Gasteiger partial charge on any atom is -0.496 e. The van der Waals surface area contributed by atoms with Crippen molar-refractivity contribution in [1.82, 2.24) is 5.32 Å². The van der Waals surface area contributed by atoms with Gasteiger partial charge in [0.1, 0.15) is 5.75 Å². The van der Waals surface area contributed by atoms with Crippen molar-refractivity contribution in [2.24, 2.45) is 0 Å². The Hall–Kier alpha value is -1.72. The Kier molecular flexibility index (Phi) is 5.09. The van der Waals surface area contributed by atoms with E-state index in [4.69, 9.17) is 14.2 Å². The number of aryl methyl sites for hydroxylation is 1. The Morgan fingerprint density at radius 1 is 0.952 bits per heavy atom. The van der Waals surface area contributed by atoms with Crippen LogP contribution in [-0.4, -0.2) is 28.4 Å². The molecule has 0 saturated heterocycles. The lowest BCUT2D eigenvalue weighted by Crippen LogP contribution is -2.17. The average Bonchev–Trinajstić information content (AvgIpc) is 2.93. The van der Waals surface area contributed by atoms with Gasteiger partial charge in [-0.1, -0.05) is 0 Å². The predicted octanol–water partition coefficient (Wildman–Crippen LogP) is 3.39. The van der Waals surface area contributed by atoms with Crippen molar-refractivity contribution in [3.63, 3.8) is 0 Å². The van der Waals surface area contributed by atoms with Gasteiger partial charge in [-0.25, -0.2) is 0 Å². The van der Waals surface area contributed by atoms with Crippen LogP contribution in [0.1, 0.15) is 21.4 Å². The van der Waals surface area contributed by atoms with Gasteiger partial charge in [-0.2, -0.15) is 0 Å². The number of ether oxygens (including phenoxy) is 3. The van der Waals surface area contributed by atoms with E-state index in [0.29, 0.717) is 11.5 Å². The summed E-state index contributed by atoms with van der Waals surface area (Å²) in [7, 11) is 6.86. The van der Waals surface area contributed by atoms with Crippen molar-refractivity contribution < 1.29 is 14.2 Å². The first-order valence-corrected chi connectivity index (χ1v) is 7.49. The third kappa shape index (κ3) is 3.14. The first-order chi connectivity index (χ1) is 10.1. The standard InChI is InChI=1S/C16H21NO3S/c1-10-6-7-15(21-10)16(17-2)11-8-13(19-4)14(20-5)9-12(11)18-3/h6-9,16-17H,1-5H3. The normalized spacial score (nSPS) is 12.0. The maximum Gasteiger partial charge on any atom is 0.164 e. The van der Waals surface area contributed by atoms with Gasteiger partial charge in [-0.05, 0) is 32.2 Å². The molecule has 0 spiro atoms. The molecule has 1 aromatic heterocycles. The maximum atomic E-state index is 5.53. The van der Waals surface area contributed by atoms with Gasteiger partial charge in [-0.3, -0.25) is 0 Å². The zero-order valence-corrected chi connectivity index (χ0v) is 13.8. The zero-order valence-electron chi connectivity index (χ0n) is 13.0. The van der Waals surface area contributed by atoms with Crippen molar-refractivity contribution in [3.05, 3.63) is 39.6 Å². The highest BCUT2D eigenvalue weighted by Gasteiger charge is 2.21. The fourth-order valence-electron chi connectivity index (χ4n) is 2.34. The highest BCUT2D eigenvalue weighted by molar-refractivity contribution is 7.12. The minimum atomic E-state index is 0.0541. The topological polar surface area (TPSA) is 39.7 Å². The number of hydrogen-bond acceptors (Lipinski definition) is 5. The van der Waals surface area contributed by atoms with E-state index in [1.165, 1.54) is 9.75 Å². The van der Waals surface area contributed by atoms with Gasteiger partial charge in [0, 0.05) is 21.4 Å². The molecule has 4 nitrogen and oxygen atoms in total. The molecule has 0 amide bonds. The van der Waals surface area contributed by atoms with E-state index >= 15 is 0 Å². The molecule has 5 heteroatoms. The molecule has 0 saturated carbocycles. The van der Waals surface area contributed by atoms with Gasteiger partial charge in [-0.15, -0.1) is 11.3 Å². The van der Waals surface area contributed by atoms with Crippen LogP contribution in [0.15, 0.2) is 24.3 Å². The Morgan fingerprint density at radius 3 is 2.05 bits per heavy atom. The van der Waals surface area contributed by atoms with E-state index < -0.39 is 0 Å². The molecule has 0 aliphatic carbocycles. The van der Waals surface area contributed by atoms with Crippen LogP contribution < -0.4 is 19.5 Å². The van der Waals surface area contributed by atoms with Crippen molar-refractivity contribution in [2.75, 3.05) is 28.4 Å². The summed E-state index contributed by atoms with van der Waals surface area (Å²) in [4.78, 5) is 2.52. The van der Waals surface area contributed by atoms with Crippen LogP contribution in [0.25, 0.3) is 0 Å². The van der Waals surface area contributed by atoms with Gasteiger partial charge in [0.25, 0.3) is 0 Å². The zero-order chi connectivity index (χ0) is 15.4. The van der Waals surface area contributed by atoms with E-state index in [9.17, 15) is 0 Å². The third-order valence-electron chi connectivity index (χ3n) is 3.38. The van der Waals surface area contributed by atoms with Crippen LogP contribution in [-0.2, 0) is 0 Å². The van der Waals surface area contributed by atoms with Crippen molar-refractivity contribution in [2.45, 2.75) is 13.0 Å². The molecule has 0 aliphatic rings. The van der Waals surface area contributed by atoms with Crippen molar-refractivity contribution >= 4 is 11.3 Å². The second kappa shape index (κ2) is 6.83. The fraction of sp³-hybridized carbons (Fsp3) is 0.375. The molecule has 2 rings (SSSR count). The summed E-state index contributed by atoms with van der Waals surface area (Å²) < 4.78 is 16.3. The molecule has 0 fully saturated rings. The number of benzene rings is 1. The van der Waals surface area contributed by atoms with Gasteiger partial charge < -0.3 is 19.5 Å². The Balaban J connectivity index is 2.54. The summed E-state index contributed by atoms with van der Waals surface area (Å²) in [6.07, 6.45) is 0. The molecule has 0 aliphatic heterocycles. The molecule has 1 unspecified atom stereocenters. The maximum absolute atomic E-state index is 5.53. The Labute approximate surface area is 129 Å². The summed E-state index contributed by atoms with van der Waals surface area (Å²) in [5.41, 5.74) is 1.03. The van der Waals surface area contributed by atoms with Gasteiger partial charge in [0.05, 0.1) is 27.4 Å². The van der Waals surface area contributed by atoms with Crippen molar-refractivity contribution in [1.29, 1.82) is 0 Å². The number of thiophene rings is 1. The third-order valence-corrected chi connectivity index (χ3v) is 4.45. The molecule has 0 radical (unpaired) electrons. The molecule has 1 N–H and O–H groups in total. The number of methoxy groups -OCH3 is 3. The molecule has 21 heavy (non-hydrogen) atoms. The van der Waals surface area contributed by atoms with Crippen LogP contribution in [0.4, 0.5) is 0 Å². The van der Waals surface area contributed by atoms with E-state index in [2.05, 4.69) is 24.4 Å². The Morgan fingerprint density at radius 2 is 1.57 bits per heavy atom. The number of rotatable bonds is 6. The average molecular weight is 307 g/mol. The highest BCUT2D eigenvalue weighted by Crippen LogP contribution is 2.40. The van der Waals surface area contributed by atoms with Gasteiger partial charge >= 0.3 is 0 Å². The van der Waals surface area contributed by atoms with E-state index in [0.717, 1.165) is 11.3 Å². The molecular formula is C16H21NO3S. The molecule has 1 aromatic carbocycles. The van der Waals surface area contributed by atoms with Crippen LogP contribution in [0.2, 0.25) is 0 Å².